The highest BCUT2D eigenvalue weighted by molar-refractivity contribution is 5.95. The lowest BCUT2D eigenvalue weighted by Gasteiger charge is -2.33. The molecule has 9 heteroatoms. The first-order chi connectivity index (χ1) is 13.5. The van der Waals surface area contributed by atoms with Gasteiger partial charge in [0, 0.05) is 50.6 Å². The molecule has 0 atom stereocenters. The molecule has 1 aliphatic rings. The number of hydrogen-bond acceptors (Lipinski definition) is 7. The Morgan fingerprint density at radius 1 is 1.25 bits per heavy atom. The molecule has 1 fully saturated rings. The molecule has 0 aliphatic carbocycles. The Kier molecular flexibility index (Phi) is 6.05. The summed E-state index contributed by atoms with van der Waals surface area (Å²) >= 11 is 0. The summed E-state index contributed by atoms with van der Waals surface area (Å²) < 4.78 is 4.95. The third-order valence-electron chi connectivity index (χ3n) is 4.73. The fourth-order valence-electron chi connectivity index (χ4n) is 3.00. The van der Waals surface area contributed by atoms with Gasteiger partial charge in [0.15, 0.2) is 5.75 Å². The van der Waals surface area contributed by atoms with Crippen LogP contribution in [-0.4, -0.2) is 61.1 Å². The van der Waals surface area contributed by atoms with E-state index >= 15 is 0 Å². The summed E-state index contributed by atoms with van der Waals surface area (Å²) in [6.07, 6.45) is 1.74. The molecule has 3 rings (SSSR count). The number of carbonyl (C=O) groups is 1. The molecule has 9 nitrogen and oxygen atoms in total. The topological polar surface area (TPSA) is 101 Å². The molecule has 0 bridgehead atoms. The summed E-state index contributed by atoms with van der Waals surface area (Å²) in [4.78, 5) is 31.9. The molecular weight excluding hydrogens is 362 g/mol. The molecule has 148 valence electrons. The van der Waals surface area contributed by atoms with E-state index in [4.69, 9.17) is 4.74 Å². The minimum absolute atomic E-state index is 0.116. The second kappa shape index (κ2) is 8.66. The number of aromatic nitrogens is 1. The summed E-state index contributed by atoms with van der Waals surface area (Å²) in [5.74, 6) is 0.646. The largest absolute Gasteiger partial charge is 0.490 e. The van der Waals surface area contributed by atoms with Crippen LogP contribution in [0, 0.1) is 10.1 Å². The van der Waals surface area contributed by atoms with E-state index in [9.17, 15) is 14.9 Å². The van der Waals surface area contributed by atoms with Crippen LogP contribution in [0.25, 0.3) is 0 Å². The van der Waals surface area contributed by atoms with Crippen molar-refractivity contribution in [2.75, 3.05) is 45.2 Å². The van der Waals surface area contributed by atoms with E-state index in [2.05, 4.69) is 27.1 Å². The Hall–Kier alpha value is -3.20. The first-order valence-electron chi connectivity index (χ1n) is 8.97. The molecule has 0 unspecified atom stereocenters. The fraction of sp³-hybridized carbons (Fsp3) is 0.368. The van der Waals surface area contributed by atoms with E-state index in [1.807, 2.05) is 12.1 Å². The van der Waals surface area contributed by atoms with Gasteiger partial charge in [0.25, 0.3) is 5.91 Å². The standard InChI is InChI=1S/C19H23N5O4/c1-22-7-9-23(10-8-22)18-6-3-14(12-20-18)13-21-19(25)15-4-5-17(28-2)16(11-15)24(26)27/h3-6,11-12H,7-10,13H2,1-2H3,(H,21,25). The summed E-state index contributed by atoms with van der Waals surface area (Å²) in [6, 6.07) is 8.00. The number of likely N-dealkylation sites (N-methyl/N-ethyl adjacent to an activating group) is 1. The van der Waals surface area contributed by atoms with Crippen LogP contribution in [0.4, 0.5) is 11.5 Å². The van der Waals surface area contributed by atoms with Crippen molar-refractivity contribution in [3.05, 3.63) is 57.8 Å². The van der Waals surface area contributed by atoms with Crippen molar-refractivity contribution < 1.29 is 14.5 Å². The van der Waals surface area contributed by atoms with Gasteiger partial charge in [-0.2, -0.15) is 0 Å². The molecule has 1 aromatic carbocycles. The number of piperazine rings is 1. The molecule has 1 aliphatic heterocycles. The van der Waals surface area contributed by atoms with Crippen LogP contribution < -0.4 is 15.0 Å². The minimum atomic E-state index is -0.573. The highest BCUT2D eigenvalue weighted by atomic mass is 16.6. The quantitative estimate of drug-likeness (QED) is 0.596. The van der Waals surface area contributed by atoms with Crippen molar-refractivity contribution in [2.45, 2.75) is 6.54 Å². The molecule has 1 aromatic heterocycles. The normalized spacial score (nSPS) is 14.6. The predicted octanol–water partition coefficient (Wildman–Crippen LogP) is 1.68. The number of pyridine rings is 1. The van der Waals surface area contributed by atoms with Crippen LogP contribution in [0.2, 0.25) is 0 Å². The number of nitrogens with zero attached hydrogens (tertiary/aromatic N) is 4. The number of amides is 1. The molecule has 1 amide bonds. The highest BCUT2D eigenvalue weighted by Gasteiger charge is 2.18. The second-order valence-corrected chi connectivity index (χ2v) is 6.64. The van der Waals surface area contributed by atoms with Crippen molar-refractivity contribution >= 4 is 17.4 Å². The first kappa shape index (κ1) is 19.6. The zero-order valence-electron chi connectivity index (χ0n) is 15.9. The maximum atomic E-state index is 12.3. The lowest BCUT2D eigenvalue weighted by molar-refractivity contribution is -0.385. The van der Waals surface area contributed by atoms with Gasteiger partial charge in [-0.15, -0.1) is 0 Å². The monoisotopic (exact) mass is 385 g/mol. The Labute approximate surface area is 163 Å². The summed E-state index contributed by atoms with van der Waals surface area (Å²) in [6.45, 7) is 4.18. The van der Waals surface area contributed by atoms with Gasteiger partial charge < -0.3 is 19.9 Å². The summed E-state index contributed by atoms with van der Waals surface area (Å²) in [5.41, 5.74) is 0.817. The SMILES string of the molecule is COc1ccc(C(=O)NCc2ccc(N3CCN(C)CC3)nc2)cc1[N+](=O)[O-]. The van der Waals surface area contributed by atoms with Gasteiger partial charge >= 0.3 is 5.69 Å². The smallest absolute Gasteiger partial charge is 0.311 e. The van der Waals surface area contributed by atoms with Crippen LogP contribution in [-0.2, 0) is 6.54 Å². The average molecular weight is 385 g/mol. The number of nitro groups is 1. The predicted molar refractivity (Wildman–Crippen MR) is 105 cm³/mol. The molecule has 0 saturated carbocycles. The molecule has 1 saturated heterocycles. The van der Waals surface area contributed by atoms with E-state index in [1.165, 1.54) is 25.3 Å². The summed E-state index contributed by atoms with van der Waals surface area (Å²) in [7, 11) is 3.45. The van der Waals surface area contributed by atoms with Crippen LogP contribution in [0.1, 0.15) is 15.9 Å². The number of nitrogens with one attached hydrogen (secondary N) is 1. The van der Waals surface area contributed by atoms with Crippen molar-refractivity contribution in [1.29, 1.82) is 0 Å². The van der Waals surface area contributed by atoms with Crippen molar-refractivity contribution in [3.8, 4) is 5.75 Å². The van der Waals surface area contributed by atoms with Crippen molar-refractivity contribution in [2.24, 2.45) is 0 Å². The van der Waals surface area contributed by atoms with Crippen molar-refractivity contribution in [1.82, 2.24) is 15.2 Å². The Balaban J connectivity index is 1.60. The third-order valence-corrected chi connectivity index (χ3v) is 4.73. The number of ether oxygens (including phenoxy) is 1. The van der Waals surface area contributed by atoms with Gasteiger partial charge in [-0.1, -0.05) is 6.07 Å². The molecule has 0 radical (unpaired) electrons. The van der Waals surface area contributed by atoms with Gasteiger partial charge in [-0.3, -0.25) is 14.9 Å². The molecule has 28 heavy (non-hydrogen) atoms. The van der Waals surface area contributed by atoms with Gasteiger partial charge in [0.2, 0.25) is 0 Å². The highest BCUT2D eigenvalue weighted by Crippen LogP contribution is 2.27. The van der Waals surface area contributed by atoms with E-state index in [1.54, 1.807) is 6.20 Å². The van der Waals surface area contributed by atoms with E-state index in [0.717, 1.165) is 37.6 Å². The second-order valence-electron chi connectivity index (χ2n) is 6.64. The number of rotatable bonds is 6. The summed E-state index contributed by atoms with van der Waals surface area (Å²) in [5, 5.41) is 13.9. The molecule has 1 N–H and O–H groups in total. The number of anilines is 1. The van der Waals surface area contributed by atoms with Gasteiger partial charge in [0.05, 0.1) is 12.0 Å². The maximum Gasteiger partial charge on any atom is 0.311 e. The number of benzene rings is 1. The molecule has 0 spiro atoms. The minimum Gasteiger partial charge on any atom is -0.490 e. The third kappa shape index (κ3) is 4.55. The van der Waals surface area contributed by atoms with Crippen LogP contribution >= 0.6 is 0 Å². The molecular formula is C19H23N5O4. The van der Waals surface area contributed by atoms with Gasteiger partial charge in [-0.05, 0) is 30.8 Å². The van der Waals surface area contributed by atoms with Crippen LogP contribution in [0.15, 0.2) is 36.5 Å². The van der Waals surface area contributed by atoms with Crippen molar-refractivity contribution in [3.63, 3.8) is 0 Å². The van der Waals surface area contributed by atoms with Gasteiger partial charge in [0.1, 0.15) is 5.82 Å². The lowest BCUT2D eigenvalue weighted by atomic mass is 10.1. The molecule has 2 heterocycles. The van der Waals surface area contributed by atoms with E-state index in [0.29, 0.717) is 0 Å². The van der Waals surface area contributed by atoms with E-state index in [-0.39, 0.29) is 23.5 Å². The number of methoxy groups -OCH3 is 1. The first-order valence-corrected chi connectivity index (χ1v) is 8.97. The van der Waals surface area contributed by atoms with Crippen LogP contribution in [0.5, 0.6) is 5.75 Å². The number of nitro benzene ring substituents is 1. The maximum absolute atomic E-state index is 12.3. The van der Waals surface area contributed by atoms with Crippen LogP contribution in [0.3, 0.4) is 0 Å². The Morgan fingerprint density at radius 3 is 2.61 bits per heavy atom. The Morgan fingerprint density at radius 2 is 2.00 bits per heavy atom. The van der Waals surface area contributed by atoms with Gasteiger partial charge in [-0.25, -0.2) is 4.98 Å². The zero-order valence-corrected chi connectivity index (χ0v) is 15.9. The van der Waals surface area contributed by atoms with E-state index < -0.39 is 10.8 Å². The Bertz CT molecular complexity index is 848. The fourth-order valence-corrected chi connectivity index (χ4v) is 3.00. The number of carbonyl (C=O) groups excluding carboxylic acids is 1. The lowest BCUT2D eigenvalue weighted by Crippen LogP contribution is -2.44. The molecule has 2 aromatic rings. The number of hydrogen-bond donors (Lipinski definition) is 1. The average Bonchev–Trinajstić information content (AvgIpc) is 2.72. The zero-order chi connectivity index (χ0) is 20.1.